The van der Waals surface area contributed by atoms with Crippen molar-refractivity contribution in [2.75, 3.05) is 6.54 Å². The molecular weight excluding hydrogens is 202 g/mol. The SMILES string of the molecule is N#CC1CCCCN1C(=O)c1ccncc1. The number of piperidine rings is 1. The third-order valence-corrected chi connectivity index (χ3v) is 2.84. The van der Waals surface area contributed by atoms with Crippen molar-refractivity contribution in [1.82, 2.24) is 9.88 Å². The molecule has 0 aromatic carbocycles. The Bertz CT molecular complexity index is 410. The lowest BCUT2D eigenvalue weighted by atomic mass is 10.0. The summed E-state index contributed by atoms with van der Waals surface area (Å²) in [5, 5.41) is 9.00. The molecule has 1 aromatic heterocycles. The van der Waals surface area contributed by atoms with Gasteiger partial charge in [-0.15, -0.1) is 0 Å². The second-order valence-electron chi connectivity index (χ2n) is 3.88. The first-order valence-electron chi connectivity index (χ1n) is 5.43. The Hall–Kier alpha value is -1.89. The summed E-state index contributed by atoms with van der Waals surface area (Å²) in [5.74, 6) is -0.0614. The molecule has 82 valence electrons. The maximum Gasteiger partial charge on any atom is 0.255 e. The lowest BCUT2D eigenvalue weighted by Gasteiger charge is -2.31. The Morgan fingerprint density at radius 2 is 2.19 bits per heavy atom. The number of rotatable bonds is 1. The van der Waals surface area contributed by atoms with E-state index in [2.05, 4.69) is 11.1 Å². The number of amides is 1. The van der Waals surface area contributed by atoms with Gasteiger partial charge in [-0.2, -0.15) is 5.26 Å². The molecule has 0 saturated carbocycles. The van der Waals surface area contributed by atoms with Gasteiger partial charge in [-0.05, 0) is 31.4 Å². The minimum Gasteiger partial charge on any atom is -0.323 e. The molecule has 2 rings (SSSR count). The Labute approximate surface area is 94.5 Å². The molecule has 2 heterocycles. The van der Waals surface area contributed by atoms with Crippen LogP contribution >= 0.6 is 0 Å². The van der Waals surface area contributed by atoms with Crippen molar-refractivity contribution in [2.24, 2.45) is 0 Å². The average molecular weight is 215 g/mol. The highest BCUT2D eigenvalue weighted by atomic mass is 16.2. The first-order valence-corrected chi connectivity index (χ1v) is 5.43. The van der Waals surface area contributed by atoms with E-state index in [1.807, 2.05) is 0 Å². The zero-order valence-electron chi connectivity index (χ0n) is 8.97. The van der Waals surface area contributed by atoms with E-state index in [1.54, 1.807) is 29.4 Å². The lowest BCUT2D eigenvalue weighted by Crippen LogP contribution is -2.42. The standard InChI is InChI=1S/C12H13N3O/c13-9-11-3-1-2-8-15(11)12(16)10-4-6-14-7-5-10/h4-7,11H,1-3,8H2. The number of aromatic nitrogens is 1. The minimum atomic E-state index is -0.269. The van der Waals surface area contributed by atoms with E-state index in [1.165, 1.54) is 0 Å². The third kappa shape index (κ3) is 2.03. The van der Waals surface area contributed by atoms with Gasteiger partial charge >= 0.3 is 0 Å². The van der Waals surface area contributed by atoms with Gasteiger partial charge in [0, 0.05) is 24.5 Å². The topological polar surface area (TPSA) is 57.0 Å². The van der Waals surface area contributed by atoms with Gasteiger partial charge in [-0.25, -0.2) is 0 Å². The van der Waals surface area contributed by atoms with E-state index in [4.69, 9.17) is 5.26 Å². The third-order valence-electron chi connectivity index (χ3n) is 2.84. The molecule has 1 unspecified atom stereocenters. The number of hydrogen-bond acceptors (Lipinski definition) is 3. The van der Waals surface area contributed by atoms with E-state index in [-0.39, 0.29) is 11.9 Å². The van der Waals surface area contributed by atoms with Crippen LogP contribution < -0.4 is 0 Å². The fourth-order valence-electron chi connectivity index (χ4n) is 1.97. The van der Waals surface area contributed by atoms with Crippen molar-refractivity contribution in [3.8, 4) is 6.07 Å². The molecule has 1 aliphatic rings. The Morgan fingerprint density at radius 1 is 1.44 bits per heavy atom. The summed E-state index contributed by atoms with van der Waals surface area (Å²) >= 11 is 0. The number of carbonyl (C=O) groups is 1. The molecule has 1 aliphatic heterocycles. The van der Waals surface area contributed by atoms with E-state index in [0.717, 1.165) is 19.3 Å². The van der Waals surface area contributed by atoms with Crippen molar-refractivity contribution in [3.63, 3.8) is 0 Å². The average Bonchev–Trinajstić information content (AvgIpc) is 2.39. The van der Waals surface area contributed by atoms with Crippen LogP contribution in [0.2, 0.25) is 0 Å². The van der Waals surface area contributed by atoms with Crippen LogP contribution in [0.25, 0.3) is 0 Å². The van der Waals surface area contributed by atoms with Crippen LogP contribution in [0.4, 0.5) is 0 Å². The summed E-state index contributed by atoms with van der Waals surface area (Å²) in [6.45, 7) is 0.680. The van der Waals surface area contributed by atoms with Crippen LogP contribution in [0.15, 0.2) is 24.5 Å². The predicted octanol–water partition coefficient (Wildman–Crippen LogP) is 1.60. The first kappa shape index (κ1) is 10.6. The molecule has 0 radical (unpaired) electrons. The number of nitriles is 1. The Morgan fingerprint density at radius 3 is 2.88 bits per heavy atom. The predicted molar refractivity (Wildman–Crippen MR) is 58.5 cm³/mol. The van der Waals surface area contributed by atoms with E-state index in [9.17, 15) is 4.79 Å². The Balaban J connectivity index is 2.18. The van der Waals surface area contributed by atoms with Gasteiger partial charge in [-0.1, -0.05) is 0 Å². The molecule has 1 atom stereocenters. The van der Waals surface area contributed by atoms with Gasteiger partial charge in [-0.3, -0.25) is 9.78 Å². The summed E-state index contributed by atoms with van der Waals surface area (Å²) in [6, 6.07) is 5.30. The molecule has 4 nitrogen and oxygen atoms in total. The highest BCUT2D eigenvalue weighted by Crippen LogP contribution is 2.18. The highest BCUT2D eigenvalue weighted by Gasteiger charge is 2.26. The smallest absolute Gasteiger partial charge is 0.255 e. The summed E-state index contributed by atoms with van der Waals surface area (Å²) < 4.78 is 0. The minimum absolute atomic E-state index is 0.0614. The van der Waals surface area contributed by atoms with Crippen molar-refractivity contribution in [1.29, 1.82) is 5.26 Å². The zero-order valence-corrected chi connectivity index (χ0v) is 8.97. The van der Waals surface area contributed by atoms with Crippen LogP contribution in [0.5, 0.6) is 0 Å². The lowest BCUT2D eigenvalue weighted by molar-refractivity contribution is 0.0670. The summed E-state index contributed by atoms with van der Waals surface area (Å²) in [4.78, 5) is 17.7. The molecule has 16 heavy (non-hydrogen) atoms. The van der Waals surface area contributed by atoms with Crippen LogP contribution in [-0.4, -0.2) is 28.4 Å². The van der Waals surface area contributed by atoms with Gasteiger partial charge < -0.3 is 4.90 Å². The van der Waals surface area contributed by atoms with Gasteiger partial charge in [0.2, 0.25) is 0 Å². The maximum atomic E-state index is 12.1. The van der Waals surface area contributed by atoms with Gasteiger partial charge in [0.15, 0.2) is 0 Å². The van der Waals surface area contributed by atoms with Crippen molar-refractivity contribution < 1.29 is 4.79 Å². The Kier molecular flexibility index (Phi) is 3.16. The molecule has 0 aliphatic carbocycles. The second kappa shape index (κ2) is 4.75. The number of nitrogens with zero attached hydrogens (tertiary/aromatic N) is 3. The fraction of sp³-hybridized carbons (Fsp3) is 0.417. The van der Waals surface area contributed by atoms with Gasteiger partial charge in [0.05, 0.1) is 6.07 Å². The number of carbonyl (C=O) groups excluding carboxylic acids is 1. The van der Waals surface area contributed by atoms with Crippen molar-refractivity contribution in [3.05, 3.63) is 30.1 Å². The molecule has 0 spiro atoms. The normalized spacial score (nSPS) is 20.2. The van der Waals surface area contributed by atoms with Gasteiger partial charge in [0.25, 0.3) is 5.91 Å². The summed E-state index contributed by atoms with van der Waals surface area (Å²) in [6.07, 6.45) is 5.98. The van der Waals surface area contributed by atoms with E-state index in [0.29, 0.717) is 12.1 Å². The molecule has 0 N–H and O–H groups in total. The second-order valence-corrected chi connectivity index (χ2v) is 3.88. The van der Waals surface area contributed by atoms with Crippen LogP contribution in [0.1, 0.15) is 29.6 Å². The van der Waals surface area contributed by atoms with Crippen LogP contribution in [-0.2, 0) is 0 Å². The summed E-state index contributed by atoms with van der Waals surface area (Å²) in [7, 11) is 0. The number of hydrogen-bond donors (Lipinski definition) is 0. The fourth-order valence-corrected chi connectivity index (χ4v) is 1.97. The largest absolute Gasteiger partial charge is 0.323 e. The molecular formula is C12H13N3O. The van der Waals surface area contributed by atoms with Crippen LogP contribution in [0, 0.1) is 11.3 Å². The molecule has 1 fully saturated rings. The first-order chi connectivity index (χ1) is 7.83. The monoisotopic (exact) mass is 215 g/mol. The maximum absolute atomic E-state index is 12.1. The van der Waals surface area contributed by atoms with Gasteiger partial charge in [0.1, 0.15) is 6.04 Å². The molecule has 0 bridgehead atoms. The molecule has 1 aromatic rings. The van der Waals surface area contributed by atoms with E-state index >= 15 is 0 Å². The van der Waals surface area contributed by atoms with Crippen molar-refractivity contribution in [2.45, 2.75) is 25.3 Å². The zero-order chi connectivity index (χ0) is 11.4. The summed E-state index contributed by atoms with van der Waals surface area (Å²) in [5.41, 5.74) is 0.608. The van der Waals surface area contributed by atoms with E-state index < -0.39 is 0 Å². The van der Waals surface area contributed by atoms with Crippen LogP contribution in [0.3, 0.4) is 0 Å². The number of pyridine rings is 1. The molecule has 1 saturated heterocycles. The molecule has 4 heteroatoms. The quantitative estimate of drug-likeness (QED) is 0.715. The highest BCUT2D eigenvalue weighted by molar-refractivity contribution is 5.94. The number of likely N-dealkylation sites (tertiary alicyclic amines) is 1. The van der Waals surface area contributed by atoms with Crippen molar-refractivity contribution >= 4 is 5.91 Å². The molecule has 1 amide bonds.